The summed E-state index contributed by atoms with van der Waals surface area (Å²) in [6, 6.07) is 26.5. The van der Waals surface area contributed by atoms with Gasteiger partial charge in [-0.25, -0.2) is 4.98 Å². The Hall–Kier alpha value is -3.30. The number of aryl methyl sites for hydroxylation is 1. The minimum absolute atomic E-state index is 0.103. The highest BCUT2D eigenvalue weighted by molar-refractivity contribution is 8.00. The smallest absolute Gasteiger partial charge is 0.234 e. The van der Waals surface area contributed by atoms with Crippen LogP contribution in [0.1, 0.15) is 18.1 Å². The normalized spacial score (nSPS) is 10.6. The number of nitriles is 1. The molecule has 0 unspecified atom stereocenters. The Bertz CT molecular complexity index is 1410. The lowest BCUT2D eigenvalue weighted by atomic mass is 9.99. The van der Waals surface area contributed by atoms with Crippen LogP contribution < -0.4 is 5.32 Å². The molecule has 0 saturated carbocycles. The number of carbonyl (C=O) groups is 1. The second-order valence-electron chi connectivity index (χ2n) is 7.68. The summed E-state index contributed by atoms with van der Waals surface area (Å²) < 4.78 is 0. The van der Waals surface area contributed by atoms with E-state index in [4.69, 9.17) is 28.2 Å². The van der Waals surface area contributed by atoms with Gasteiger partial charge in [-0.15, -0.1) is 0 Å². The highest BCUT2D eigenvalue weighted by Gasteiger charge is 2.18. The van der Waals surface area contributed by atoms with Crippen molar-refractivity contribution in [2.75, 3.05) is 11.1 Å². The molecule has 0 bridgehead atoms. The van der Waals surface area contributed by atoms with Crippen LogP contribution in [0.15, 0.2) is 83.9 Å². The number of aromatic nitrogens is 1. The van der Waals surface area contributed by atoms with Crippen molar-refractivity contribution in [3.63, 3.8) is 0 Å². The highest BCUT2D eigenvalue weighted by atomic mass is 35.5. The monoisotopic (exact) mass is 517 g/mol. The fourth-order valence-corrected chi connectivity index (χ4v) is 4.83. The standard InChI is InChI=1S/C28H21Cl2N3OS/c1-2-18-7-3-6-10-25(18)32-27(34)17-35-28-23(16-31)22(21-8-4-5-9-24(21)30)15-26(33-28)19-11-13-20(29)14-12-19/h3-15H,2,17H2,1H3,(H,32,34). The van der Waals surface area contributed by atoms with Crippen LogP contribution in [0.25, 0.3) is 22.4 Å². The third kappa shape index (κ3) is 5.86. The Morgan fingerprint density at radius 1 is 1.00 bits per heavy atom. The van der Waals surface area contributed by atoms with E-state index in [9.17, 15) is 10.1 Å². The molecule has 0 saturated heterocycles. The van der Waals surface area contributed by atoms with Crippen LogP contribution in [-0.4, -0.2) is 16.6 Å². The Balaban J connectivity index is 1.71. The molecule has 0 radical (unpaired) electrons. The first-order chi connectivity index (χ1) is 17.0. The number of carbonyl (C=O) groups excluding carboxylic acids is 1. The highest BCUT2D eigenvalue weighted by Crippen LogP contribution is 2.37. The summed E-state index contributed by atoms with van der Waals surface area (Å²) in [5, 5.41) is 14.6. The van der Waals surface area contributed by atoms with Gasteiger partial charge in [0.25, 0.3) is 0 Å². The molecular weight excluding hydrogens is 497 g/mol. The molecule has 3 aromatic carbocycles. The number of rotatable bonds is 7. The van der Waals surface area contributed by atoms with E-state index in [1.807, 2.05) is 67.6 Å². The van der Waals surface area contributed by atoms with Gasteiger partial charge in [-0.1, -0.05) is 90.4 Å². The summed E-state index contributed by atoms with van der Waals surface area (Å²) in [4.78, 5) is 17.5. The van der Waals surface area contributed by atoms with E-state index in [0.717, 1.165) is 28.8 Å². The van der Waals surface area contributed by atoms with Gasteiger partial charge in [-0.3, -0.25) is 4.79 Å². The number of halogens is 2. The predicted octanol–water partition coefficient (Wildman–Crippen LogP) is 7.89. The number of anilines is 1. The number of amides is 1. The Morgan fingerprint density at radius 3 is 2.43 bits per heavy atom. The first-order valence-corrected chi connectivity index (χ1v) is 12.7. The van der Waals surface area contributed by atoms with Gasteiger partial charge in [0, 0.05) is 32.4 Å². The fourth-order valence-electron chi connectivity index (χ4n) is 3.67. The van der Waals surface area contributed by atoms with Gasteiger partial charge in [-0.05, 0) is 42.3 Å². The van der Waals surface area contributed by atoms with Crippen molar-refractivity contribution in [1.82, 2.24) is 4.98 Å². The van der Waals surface area contributed by atoms with Crippen LogP contribution in [0, 0.1) is 11.3 Å². The van der Waals surface area contributed by atoms with Gasteiger partial charge in [-0.2, -0.15) is 5.26 Å². The summed E-state index contributed by atoms with van der Waals surface area (Å²) >= 11 is 13.8. The molecule has 0 atom stereocenters. The molecule has 1 N–H and O–H groups in total. The van der Waals surface area contributed by atoms with Gasteiger partial charge in [0.1, 0.15) is 11.1 Å². The lowest BCUT2D eigenvalue weighted by Crippen LogP contribution is -2.15. The number of para-hydroxylation sites is 1. The minimum Gasteiger partial charge on any atom is -0.325 e. The van der Waals surface area contributed by atoms with Crippen LogP contribution in [0.4, 0.5) is 5.69 Å². The number of nitrogens with zero attached hydrogens (tertiary/aromatic N) is 2. The Morgan fingerprint density at radius 2 is 1.71 bits per heavy atom. The molecule has 0 aliphatic heterocycles. The molecule has 4 rings (SSSR count). The maximum atomic E-state index is 12.8. The minimum atomic E-state index is -0.169. The van der Waals surface area contributed by atoms with Crippen molar-refractivity contribution < 1.29 is 4.79 Å². The topological polar surface area (TPSA) is 65.8 Å². The van der Waals surface area contributed by atoms with E-state index in [2.05, 4.69) is 11.4 Å². The van der Waals surface area contributed by atoms with Crippen molar-refractivity contribution in [1.29, 1.82) is 5.26 Å². The van der Waals surface area contributed by atoms with Gasteiger partial charge < -0.3 is 5.32 Å². The average Bonchev–Trinajstić information content (AvgIpc) is 2.88. The lowest BCUT2D eigenvalue weighted by Gasteiger charge is -2.14. The molecule has 1 aromatic heterocycles. The van der Waals surface area contributed by atoms with E-state index in [1.165, 1.54) is 11.8 Å². The average molecular weight is 518 g/mol. The molecule has 174 valence electrons. The van der Waals surface area contributed by atoms with Crippen molar-refractivity contribution in [2.24, 2.45) is 0 Å². The maximum absolute atomic E-state index is 12.8. The zero-order chi connectivity index (χ0) is 24.8. The number of nitrogens with one attached hydrogen (secondary N) is 1. The number of hydrogen-bond acceptors (Lipinski definition) is 4. The molecule has 4 nitrogen and oxygen atoms in total. The third-order valence-corrected chi connectivity index (χ3v) is 6.97. The first kappa shape index (κ1) is 24.8. The summed E-state index contributed by atoms with van der Waals surface area (Å²) in [5.41, 5.74) is 5.13. The zero-order valence-electron chi connectivity index (χ0n) is 18.9. The predicted molar refractivity (Wildman–Crippen MR) is 145 cm³/mol. The van der Waals surface area contributed by atoms with Crippen LogP contribution >= 0.6 is 35.0 Å². The second kappa shape index (κ2) is 11.4. The maximum Gasteiger partial charge on any atom is 0.234 e. The van der Waals surface area contributed by atoms with E-state index < -0.39 is 0 Å². The summed E-state index contributed by atoms with van der Waals surface area (Å²) in [7, 11) is 0. The molecule has 7 heteroatoms. The quantitative estimate of drug-likeness (QED) is 0.253. The summed E-state index contributed by atoms with van der Waals surface area (Å²) in [5.74, 6) is -0.0658. The van der Waals surface area contributed by atoms with Crippen molar-refractivity contribution in [2.45, 2.75) is 18.4 Å². The summed E-state index contributed by atoms with van der Waals surface area (Å²) in [6.45, 7) is 2.04. The largest absolute Gasteiger partial charge is 0.325 e. The molecule has 0 aliphatic carbocycles. The van der Waals surface area contributed by atoms with Crippen LogP contribution in [-0.2, 0) is 11.2 Å². The third-order valence-electron chi connectivity index (χ3n) is 5.41. The number of hydrogen-bond donors (Lipinski definition) is 1. The second-order valence-corrected chi connectivity index (χ2v) is 9.49. The van der Waals surface area contributed by atoms with Crippen molar-refractivity contribution in [3.8, 4) is 28.5 Å². The molecule has 0 fully saturated rings. The Kier molecular flexibility index (Phi) is 8.09. The van der Waals surface area contributed by atoms with E-state index >= 15 is 0 Å². The van der Waals surface area contributed by atoms with E-state index in [1.54, 1.807) is 18.2 Å². The van der Waals surface area contributed by atoms with E-state index in [-0.39, 0.29) is 11.7 Å². The van der Waals surface area contributed by atoms with Crippen LogP contribution in [0.3, 0.4) is 0 Å². The molecule has 35 heavy (non-hydrogen) atoms. The van der Waals surface area contributed by atoms with Gasteiger partial charge >= 0.3 is 0 Å². The zero-order valence-corrected chi connectivity index (χ0v) is 21.2. The molecule has 1 amide bonds. The van der Waals surface area contributed by atoms with Crippen LogP contribution in [0.2, 0.25) is 10.0 Å². The van der Waals surface area contributed by atoms with Crippen LogP contribution in [0.5, 0.6) is 0 Å². The molecule has 0 spiro atoms. The lowest BCUT2D eigenvalue weighted by molar-refractivity contribution is -0.113. The van der Waals surface area contributed by atoms with Crippen molar-refractivity contribution in [3.05, 3.63) is 100 Å². The van der Waals surface area contributed by atoms with Gasteiger partial charge in [0.2, 0.25) is 5.91 Å². The number of pyridine rings is 1. The van der Waals surface area contributed by atoms with Gasteiger partial charge in [0.15, 0.2) is 0 Å². The molecule has 4 aromatic rings. The first-order valence-electron chi connectivity index (χ1n) is 11.0. The van der Waals surface area contributed by atoms with Crippen molar-refractivity contribution >= 4 is 46.6 Å². The Labute approximate surface area is 218 Å². The number of benzene rings is 3. The van der Waals surface area contributed by atoms with Gasteiger partial charge in [0.05, 0.1) is 17.0 Å². The molecule has 0 aliphatic rings. The fraction of sp³-hybridized carbons (Fsp3) is 0.107. The number of thioether (sulfide) groups is 1. The molecule has 1 heterocycles. The van der Waals surface area contributed by atoms with E-state index in [0.29, 0.717) is 31.9 Å². The molecular formula is C28H21Cl2N3OS. The SMILES string of the molecule is CCc1ccccc1NC(=O)CSc1nc(-c2ccc(Cl)cc2)cc(-c2ccccc2Cl)c1C#N. The summed E-state index contributed by atoms with van der Waals surface area (Å²) in [6.07, 6.45) is 0.814.